The van der Waals surface area contributed by atoms with Gasteiger partial charge in [0, 0.05) is 10.7 Å². The van der Waals surface area contributed by atoms with Crippen molar-refractivity contribution in [3.63, 3.8) is 0 Å². The van der Waals surface area contributed by atoms with Crippen LogP contribution in [0, 0.1) is 19.7 Å². The third-order valence-corrected chi connectivity index (χ3v) is 6.03. The fraction of sp³-hybridized carbons (Fsp3) is 0.120. The van der Waals surface area contributed by atoms with E-state index in [2.05, 4.69) is 0 Å². The standard InChI is InChI=1S/C25H17ClFNO3/c1-13-11-19-20(12-14(13)2)31-24-21(23(19)29)22(15-3-5-16(26)6-4-15)28(25(24)30)18-9-7-17(27)8-10-18/h3-12,22H,1-2H3. The molecule has 5 rings (SSSR count). The molecule has 3 aromatic carbocycles. The number of halogens is 2. The summed E-state index contributed by atoms with van der Waals surface area (Å²) >= 11 is 6.06. The summed E-state index contributed by atoms with van der Waals surface area (Å²) in [6.45, 7) is 3.85. The van der Waals surface area contributed by atoms with Gasteiger partial charge >= 0.3 is 0 Å². The Kier molecular flexibility index (Phi) is 4.45. The number of amides is 1. The number of hydrogen-bond acceptors (Lipinski definition) is 3. The summed E-state index contributed by atoms with van der Waals surface area (Å²) < 4.78 is 19.5. The van der Waals surface area contributed by atoms with Gasteiger partial charge in [0.2, 0.25) is 5.76 Å². The number of benzene rings is 3. The Balaban J connectivity index is 1.82. The second kappa shape index (κ2) is 7.06. The number of anilines is 1. The fourth-order valence-electron chi connectivity index (χ4n) is 4.06. The molecule has 0 N–H and O–H groups in total. The Morgan fingerprint density at radius 3 is 2.26 bits per heavy atom. The predicted molar refractivity (Wildman–Crippen MR) is 118 cm³/mol. The van der Waals surface area contributed by atoms with Crippen molar-refractivity contribution in [1.29, 1.82) is 0 Å². The van der Waals surface area contributed by atoms with Gasteiger partial charge in [-0.1, -0.05) is 23.7 Å². The number of aryl methyl sites for hydroxylation is 2. The molecule has 0 bridgehead atoms. The molecule has 0 saturated carbocycles. The molecule has 0 fully saturated rings. The number of rotatable bonds is 2. The van der Waals surface area contributed by atoms with Crippen molar-refractivity contribution >= 4 is 34.2 Å². The van der Waals surface area contributed by atoms with Crippen LogP contribution < -0.4 is 10.3 Å². The van der Waals surface area contributed by atoms with E-state index < -0.39 is 17.8 Å². The number of hydrogen-bond donors (Lipinski definition) is 0. The average molecular weight is 434 g/mol. The topological polar surface area (TPSA) is 50.5 Å². The molecule has 1 atom stereocenters. The predicted octanol–water partition coefficient (Wildman–Crippen LogP) is 5.95. The summed E-state index contributed by atoms with van der Waals surface area (Å²) in [4.78, 5) is 28.5. The zero-order chi connectivity index (χ0) is 21.9. The Hall–Kier alpha value is -3.44. The van der Waals surface area contributed by atoms with Crippen LogP contribution in [0.15, 0.2) is 69.9 Å². The lowest BCUT2D eigenvalue weighted by Gasteiger charge is -2.25. The second-order valence-corrected chi connectivity index (χ2v) is 8.15. The van der Waals surface area contributed by atoms with Crippen molar-refractivity contribution in [2.45, 2.75) is 19.9 Å². The number of carbonyl (C=O) groups excluding carboxylic acids is 1. The Bertz CT molecular complexity index is 1410. The molecule has 0 saturated heterocycles. The van der Waals surface area contributed by atoms with E-state index in [9.17, 15) is 14.0 Å². The highest BCUT2D eigenvalue weighted by atomic mass is 35.5. The van der Waals surface area contributed by atoms with Crippen LogP contribution in [-0.2, 0) is 0 Å². The Morgan fingerprint density at radius 2 is 1.58 bits per heavy atom. The molecule has 1 aliphatic rings. The number of carbonyl (C=O) groups is 1. The number of nitrogens with zero attached hydrogens (tertiary/aromatic N) is 1. The van der Waals surface area contributed by atoms with Gasteiger partial charge in [-0.2, -0.15) is 0 Å². The van der Waals surface area contributed by atoms with Crippen LogP contribution in [0.5, 0.6) is 0 Å². The van der Waals surface area contributed by atoms with Crippen molar-refractivity contribution in [3.8, 4) is 0 Å². The first kappa shape index (κ1) is 19.5. The van der Waals surface area contributed by atoms with Gasteiger partial charge in [0.05, 0.1) is 17.0 Å². The summed E-state index contributed by atoms with van der Waals surface area (Å²) in [6.07, 6.45) is 0. The van der Waals surface area contributed by atoms with Gasteiger partial charge in [-0.25, -0.2) is 4.39 Å². The molecular formula is C25H17ClFNO3. The van der Waals surface area contributed by atoms with Crippen LogP contribution in [0.4, 0.5) is 10.1 Å². The molecule has 154 valence electrons. The zero-order valence-corrected chi connectivity index (χ0v) is 17.5. The lowest BCUT2D eigenvalue weighted by Crippen LogP contribution is -2.29. The summed E-state index contributed by atoms with van der Waals surface area (Å²) in [5, 5.41) is 0.966. The maximum atomic E-state index is 13.6. The molecule has 0 radical (unpaired) electrons. The van der Waals surface area contributed by atoms with Gasteiger partial charge in [0.1, 0.15) is 11.4 Å². The van der Waals surface area contributed by atoms with Crippen molar-refractivity contribution < 1.29 is 13.6 Å². The van der Waals surface area contributed by atoms with Crippen molar-refractivity contribution in [2.24, 2.45) is 0 Å². The third kappa shape index (κ3) is 3.04. The summed E-state index contributed by atoms with van der Waals surface area (Å²) in [5.74, 6) is -0.856. The van der Waals surface area contributed by atoms with Gasteiger partial charge in [-0.15, -0.1) is 0 Å². The normalized spacial score (nSPS) is 15.5. The fourth-order valence-corrected chi connectivity index (χ4v) is 4.18. The van der Waals surface area contributed by atoms with Crippen LogP contribution in [0.1, 0.15) is 38.9 Å². The first-order valence-corrected chi connectivity index (χ1v) is 10.2. The molecule has 2 heterocycles. The van der Waals surface area contributed by atoms with E-state index in [0.29, 0.717) is 27.2 Å². The molecule has 1 unspecified atom stereocenters. The highest BCUT2D eigenvalue weighted by Gasteiger charge is 2.43. The minimum Gasteiger partial charge on any atom is -0.450 e. The van der Waals surface area contributed by atoms with E-state index >= 15 is 0 Å². The monoisotopic (exact) mass is 433 g/mol. The van der Waals surface area contributed by atoms with Gasteiger partial charge in [0.15, 0.2) is 5.43 Å². The van der Waals surface area contributed by atoms with E-state index in [0.717, 1.165) is 11.1 Å². The van der Waals surface area contributed by atoms with Gasteiger partial charge in [-0.3, -0.25) is 14.5 Å². The summed E-state index contributed by atoms with van der Waals surface area (Å²) in [7, 11) is 0. The molecule has 0 spiro atoms. The minimum atomic E-state index is -0.715. The lowest BCUT2D eigenvalue weighted by atomic mass is 9.97. The van der Waals surface area contributed by atoms with Crippen LogP contribution in [-0.4, -0.2) is 5.91 Å². The summed E-state index contributed by atoms with van der Waals surface area (Å²) in [6, 6.07) is 15.4. The number of fused-ring (bicyclic) bond motifs is 2. The third-order valence-electron chi connectivity index (χ3n) is 5.78. The average Bonchev–Trinajstić information content (AvgIpc) is 3.04. The van der Waals surface area contributed by atoms with Crippen molar-refractivity contribution in [1.82, 2.24) is 0 Å². The van der Waals surface area contributed by atoms with Crippen LogP contribution in [0.3, 0.4) is 0 Å². The van der Waals surface area contributed by atoms with E-state index in [-0.39, 0.29) is 16.8 Å². The molecule has 1 amide bonds. The molecule has 6 heteroatoms. The van der Waals surface area contributed by atoms with Crippen LogP contribution in [0.25, 0.3) is 11.0 Å². The maximum absolute atomic E-state index is 13.6. The summed E-state index contributed by atoms with van der Waals surface area (Å²) in [5.41, 5.74) is 3.48. The van der Waals surface area contributed by atoms with Crippen LogP contribution >= 0.6 is 11.6 Å². The SMILES string of the molecule is Cc1cc2oc3c(c(=O)c2cc1C)C(c1ccc(Cl)cc1)N(c1ccc(F)cc1)C3=O. The highest BCUT2D eigenvalue weighted by Crippen LogP contribution is 2.41. The molecule has 4 nitrogen and oxygen atoms in total. The molecule has 0 aliphatic carbocycles. The van der Waals surface area contributed by atoms with Crippen molar-refractivity contribution in [3.05, 3.63) is 110 Å². The van der Waals surface area contributed by atoms with Crippen LogP contribution in [0.2, 0.25) is 5.02 Å². The van der Waals surface area contributed by atoms with E-state index in [1.807, 2.05) is 13.8 Å². The van der Waals surface area contributed by atoms with Gasteiger partial charge in [-0.05, 0) is 79.1 Å². The quantitative estimate of drug-likeness (QED) is 0.392. The van der Waals surface area contributed by atoms with E-state index in [1.165, 1.54) is 29.2 Å². The smallest absolute Gasteiger partial charge is 0.295 e. The van der Waals surface area contributed by atoms with Crippen molar-refractivity contribution in [2.75, 3.05) is 4.90 Å². The maximum Gasteiger partial charge on any atom is 0.295 e. The minimum absolute atomic E-state index is 0.00466. The second-order valence-electron chi connectivity index (χ2n) is 7.71. The van der Waals surface area contributed by atoms with Gasteiger partial charge in [0.25, 0.3) is 5.91 Å². The Morgan fingerprint density at radius 1 is 0.935 bits per heavy atom. The Labute approximate surface area is 182 Å². The zero-order valence-electron chi connectivity index (χ0n) is 16.8. The first-order chi connectivity index (χ1) is 14.8. The van der Waals surface area contributed by atoms with Gasteiger partial charge < -0.3 is 4.42 Å². The van der Waals surface area contributed by atoms with E-state index in [4.69, 9.17) is 16.0 Å². The first-order valence-electron chi connectivity index (χ1n) is 9.77. The molecule has 1 aliphatic heterocycles. The highest BCUT2D eigenvalue weighted by molar-refractivity contribution is 6.30. The molecule has 1 aromatic heterocycles. The van der Waals surface area contributed by atoms with E-state index in [1.54, 1.807) is 36.4 Å². The lowest BCUT2D eigenvalue weighted by molar-refractivity contribution is 0.0971. The molecular weight excluding hydrogens is 417 g/mol. The molecule has 4 aromatic rings. The molecule has 31 heavy (non-hydrogen) atoms. The largest absolute Gasteiger partial charge is 0.450 e.